The molecule has 2 heterocycles. The molecule has 2 aliphatic rings. The lowest BCUT2D eigenvalue weighted by atomic mass is 10.2. The highest BCUT2D eigenvalue weighted by molar-refractivity contribution is 8.00. The number of nitrogens with one attached hydrogen (secondary N) is 1. The number of rotatable bonds is 4. The van der Waals surface area contributed by atoms with Gasteiger partial charge < -0.3 is 15.1 Å². The molecule has 1 saturated heterocycles. The Morgan fingerprint density at radius 1 is 1.12 bits per heavy atom. The molecule has 0 bridgehead atoms. The van der Waals surface area contributed by atoms with Crippen molar-refractivity contribution in [3.05, 3.63) is 54.1 Å². The zero-order valence-electron chi connectivity index (χ0n) is 13.8. The van der Waals surface area contributed by atoms with Gasteiger partial charge in [0.05, 0.1) is 11.6 Å². The Labute approximate surface area is 151 Å². The molecule has 0 atom stereocenters. The highest BCUT2D eigenvalue weighted by Gasteiger charge is 2.23. The first-order valence-corrected chi connectivity index (χ1v) is 9.47. The van der Waals surface area contributed by atoms with Gasteiger partial charge in [-0.05, 0) is 42.3 Å². The molecule has 1 N–H and O–H groups in total. The summed E-state index contributed by atoms with van der Waals surface area (Å²) in [7, 11) is 0. The van der Waals surface area contributed by atoms with Gasteiger partial charge in [0, 0.05) is 23.6 Å². The lowest BCUT2D eigenvalue weighted by Gasteiger charge is -2.20. The molecule has 0 saturated carbocycles. The van der Waals surface area contributed by atoms with E-state index in [4.69, 9.17) is 0 Å². The first kappa shape index (κ1) is 16.0. The predicted molar refractivity (Wildman–Crippen MR) is 101 cm³/mol. The molecular weight excluding hydrogens is 334 g/mol. The fourth-order valence-corrected chi connectivity index (χ4v) is 4.15. The number of hydrogen-bond acceptors (Lipinski definition) is 4. The molecule has 0 aromatic heterocycles. The van der Waals surface area contributed by atoms with Crippen molar-refractivity contribution >= 4 is 40.6 Å². The molecule has 25 heavy (non-hydrogen) atoms. The van der Waals surface area contributed by atoms with Crippen LogP contribution < -0.4 is 10.2 Å². The van der Waals surface area contributed by atoms with Crippen molar-refractivity contribution in [3.63, 3.8) is 0 Å². The van der Waals surface area contributed by atoms with E-state index in [2.05, 4.69) is 34.5 Å². The SMILES string of the molecule is O=C(CN1CSCC1=O)Nc1ccc(N2CCc3ccccc32)cc1. The number of anilines is 3. The summed E-state index contributed by atoms with van der Waals surface area (Å²) < 4.78 is 0. The molecule has 1 fully saturated rings. The van der Waals surface area contributed by atoms with Gasteiger partial charge in [-0.1, -0.05) is 18.2 Å². The maximum atomic E-state index is 12.1. The number of amides is 2. The van der Waals surface area contributed by atoms with E-state index < -0.39 is 0 Å². The van der Waals surface area contributed by atoms with E-state index >= 15 is 0 Å². The van der Waals surface area contributed by atoms with Gasteiger partial charge in [-0.15, -0.1) is 11.8 Å². The Hall–Kier alpha value is -2.47. The quantitative estimate of drug-likeness (QED) is 0.918. The smallest absolute Gasteiger partial charge is 0.244 e. The van der Waals surface area contributed by atoms with Crippen LogP contribution in [0.1, 0.15) is 5.56 Å². The van der Waals surface area contributed by atoms with Gasteiger partial charge in [0.2, 0.25) is 11.8 Å². The maximum Gasteiger partial charge on any atom is 0.244 e. The highest BCUT2D eigenvalue weighted by atomic mass is 32.2. The second-order valence-corrected chi connectivity index (χ2v) is 7.15. The van der Waals surface area contributed by atoms with Crippen molar-refractivity contribution in [2.45, 2.75) is 6.42 Å². The second kappa shape index (κ2) is 6.80. The Morgan fingerprint density at radius 2 is 1.92 bits per heavy atom. The molecule has 5 nitrogen and oxygen atoms in total. The van der Waals surface area contributed by atoms with Crippen LogP contribution in [0, 0.1) is 0 Å². The van der Waals surface area contributed by atoms with Crippen LogP contribution in [0.2, 0.25) is 0 Å². The van der Waals surface area contributed by atoms with Crippen LogP contribution >= 0.6 is 11.8 Å². The van der Waals surface area contributed by atoms with E-state index in [9.17, 15) is 9.59 Å². The van der Waals surface area contributed by atoms with Crippen LogP contribution in [-0.4, -0.2) is 41.4 Å². The number of nitrogens with zero attached hydrogens (tertiary/aromatic N) is 2. The minimum Gasteiger partial charge on any atom is -0.341 e. The number of fused-ring (bicyclic) bond motifs is 1. The monoisotopic (exact) mass is 353 g/mol. The largest absolute Gasteiger partial charge is 0.341 e. The molecule has 128 valence electrons. The summed E-state index contributed by atoms with van der Waals surface area (Å²) in [6, 6.07) is 16.3. The van der Waals surface area contributed by atoms with Crippen LogP contribution in [0.4, 0.5) is 17.1 Å². The van der Waals surface area contributed by atoms with Crippen LogP contribution in [0.25, 0.3) is 0 Å². The molecule has 0 unspecified atom stereocenters. The molecule has 2 aliphatic heterocycles. The van der Waals surface area contributed by atoms with E-state index in [1.807, 2.05) is 24.3 Å². The topological polar surface area (TPSA) is 52.7 Å². The van der Waals surface area contributed by atoms with E-state index in [1.54, 1.807) is 4.90 Å². The van der Waals surface area contributed by atoms with Crippen molar-refractivity contribution in [2.24, 2.45) is 0 Å². The Kier molecular flexibility index (Phi) is 4.36. The second-order valence-electron chi connectivity index (χ2n) is 6.19. The molecule has 2 amide bonds. The van der Waals surface area contributed by atoms with Gasteiger partial charge in [-0.2, -0.15) is 0 Å². The van der Waals surface area contributed by atoms with E-state index in [0.717, 1.165) is 24.3 Å². The number of benzene rings is 2. The maximum absolute atomic E-state index is 12.1. The summed E-state index contributed by atoms with van der Waals surface area (Å²) in [6.45, 7) is 1.09. The standard InChI is InChI=1S/C19H19N3O2S/c23-18(11-21-13-25-12-19(21)24)20-15-5-7-16(8-6-15)22-10-9-14-3-1-2-4-17(14)22/h1-8H,9-13H2,(H,20,23). The zero-order chi connectivity index (χ0) is 17.2. The third-order valence-electron chi connectivity index (χ3n) is 4.51. The average Bonchev–Trinajstić information content (AvgIpc) is 3.22. The Balaban J connectivity index is 1.41. The van der Waals surface area contributed by atoms with Gasteiger partial charge in [0.25, 0.3) is 0 Å². The van der Waals surface area contributed by atoms with E-state index in [1.165, 1.54) is 23.0 Å². The first-order chi connectivity index (χ1) is 12.2. The summed E-state index contributed by atoms with van der Waals surface area (Å²) in [4.78, 5) is 27.5. The normalized spacial score (nSPS) is 16.2. The minimum atomic E-state index is -0.157. The van der Waals surface area contributed by atoms with Crippen LogP contribution in [0.5, 0.6) is 0 Å². The molecule has 6 heteroatoms. The molecule has 0 radical (unpaired) electrons. The number of thioether (sulfide) groups is 1. The highest BCUT2D eigenvalue weighted by Crippen LogP contribution is 2.34. The zero-order valence-corrected chi connectivity index (χ0v) is 14.6. The van der Waals surface area contributed by atoms with Gasteiger partial charge in [-0.3, -0.25) is 9.59 Å². The Bertz CT molecular complexity index is 807. The average molecular weight is 353 g/mol. The van der Waals surface area contributed by atoms with Gasteiger partial charge >= 0.3 is 0 Å². The van der Waals surface area contributed by atoms with Crippen molar-refractivity contribution < 1.29 is 9.59 Å². The number of carbonyl (C=O) groups is 2. The molecule has 0 aliphatic carbocycles. The van der Waals surface area contributed by atoms with Crippen molar-refractivity contribution in [1.29, 1.82) is 0 Å². The summed E-state index contributed by atoms with van der Waals surface area (Å²) >= 11 is 1.54. The van der Waals surface area contributed by atoms with Gasteiger partial charge in [0.1, 0.15) is 6.54 Å². The summed E-state index contributed by atoms with van der Waals surface area (Å²) in [5, 5.41) is 2.87. The van der Waals surface area contributed by atoms with E-state index in [0.29, 0.717) is 11.6 Å². The van der Waals surface area contributed by atoms with Crippen LogP contribution in [-0.2, 0) is 16.0 Å². The lowest BCUT2D eigenvalue weighted by Crippen LogP contribution is -2.34. The summed E-state index contributed by atoms with van der Waals surface area (Å²) in [5.41, 5.74) is 4.49. The lowest BCUT2D eigenvalue weighted by molar-refractivity contribution is -0.130. The molecule has 0 spiro atoms. The fourth-order valence-electron chi connectivity index (χ4n) is 3.25. The molecule has 4 rings (SSSR count). The summed E-state index contributed by atoms with van der Waals surface area (Å²) in [6.07, 6.45) is 1.05. The van der Waals surface area contributed by atoms with Crippen molar-refractivity contribution in [2.75, 3.05) is 34.9 Å². The number of carbonyl (C=O) groups excluding carboxylic acids is 2. The number of hydrogen-bond donors (Lipinski definition) is 1. The number of para-hydroxylation sites is 1. The fraction of sp³-hybridized carbons (Fsp3) is 0.263. The summed E-state index contributed by atoms with van der Waals surface area (Å²) in [5.74, 6) is 0.942. The van der Waals surface area contributed by atoms with Crippen molar-refractivity contribution in [3.8, 4) is 0 Å². The third-order valence-corrected chi connectivity index (χ3v) is 5.46. The Morgan fingerprint density at radius 3 is 2.68 bits per heavy atom. The molecular formula is C19H19N3O2S. The van der Waals surface area contributed by atoms with Crippen LogP contribution in [0.3, 0.4) is 0 Å². The van der Waals surface area contributed by atoms with Crippen LogP contribution in [0.15, 0.2) is 48.5 Å². The third kappa shape index (κ3) is 3.35. The first-order valence-electron chi connectivity index (χ1n) is 8.31. The van der Waals surface area contributed by atoms with Gasteiger partial charge in [0.15, 0.2) is 0 Å². The molecule has 2 aromatic carbocycles. The minimum absolute atomic E-state index is 0.0307. The van der Waals surface area contributed by atoms with Crippen molar-refractivity contribution in [1.82, 2.24) is 4.90 Å². The predicted octanol–water partition coefficient (Wildman–Crippen LogP) is 2.85. The van der Waals surface area contributed by atoms with E-state index in [-0.39, 0.29) is 18.4 Å². The van der Waals surface area contributed by atoms with Gasteiger partial charge in [-0.25, -0.2) is 0 Å². The molecule has 2 aromatic rings.